The highest BCUT2D eigenvalue weighted by molar-refractivity contribution is 7.78. The molecule has 1 rings (SSSR count). The molecule has 0 saturated carbocycles. The molecule has 0 aliphatic heterocycles. The first kappa shape index (κ1) is 13.9. The predicted molar refractivity (Wildman–Crippen MR) is 63.1 cm³/mol. The standard InChI is InChI=1S/C7H5NS.C3H9NO2/c9-6-8-7-4-2-1-3-5-7;1-4-3-6-5-2/h1-5H;4H,3H2,1-2H3. The van der Waals surface area contributed by atoms with Gasteiger partial charge in [-0.15, -0.1) is 0 Å². The number of nitrogens with one attached hydrogen (secondary N) is 1. The molecule has 0 radical (unpaired) electrons. The number of rotatable bonds is 4. The summed E-state index contributed by atoms with van der Waals surface area (Å²) in [5.41, 5.74) is 0.854. The van der Waals surface area contributed by atoms with Crippen molar-refractivity contribution >= 4 is 23.1 Å². The Morgan fingerprint density at radius 1 is 1.40 bits per heavy atom. The Kier molecular flexibility index (Phi) is 10.2. The van der Waals surface area contributed by atoms with Crippen molar-refractivity contribution in [3.05, 3.63) is 30.3 Å². The van der Waals surface area contributed by atoms with Gasteiger partial charge in [0.2, 0.25) is 0 Å². The first-order chi connectivity index (χ1) is 7.35. The molecule has 0 bridgehead atoms. The van der Waals surface area contributed by atoms with Crippen LogP contribution in [0.5, 0.6) is 0 Å². The SMILES string of the molecule is CNCOOC.S=C=Nc1ccccc1. The van der Waals surface area contributed by atoms with E-state index in [2.05, 4.69) is 37.5 Å². The topological polar surface area (TPSA) is 42.8 Å². The monoisotopic (exact) mass is 226 g/mol. The van der Waals surface area contributed by atoms with Crippen molar-refractivity contribution in [3.8, 4) is 0 Å². The van der Waals surface area contributed by atoms with Gasteiger partial charge in [-0.1, -0.05) is 18.2 Å². The lowest BCUT2D eigenvalue weighted by Gasteiger charge is -1.93. The molecule has 1 aromatic carbocycles. The Bertz CT molecular complexity index is 283. The molecule has 0 aliphatic carbocycles. The third-order valence-corrected chi connectivity index (χ3v) is 1.34. The summed E-state index contributed by atoms with van der Waals surface area (Å²) < 4.78 is 0. The number of nitrogens with zero attached hydrogens (tertiary/aromatic N) is 1. The molecule has 0 aliphatic rings. The molecule has 0 heterocycles. The van der Waals surface area contributed by atoms with E-state index in [1.54, 1.807) is 7.05 Å². The maximum Gasteiger partial charge on any atom is 0.132 e. The lowest BCUT2D eigenvalue weighted by molar-refractivity contribution is -0.275. The second-order valence-corrected chi connectivity index (χ2v) is 2.50. The second kappa shape index (κ2) is 11.0. The first-order valence-corrected chi connectivity index (χ1v) is 4.69. The third-order valence-electron chi connectivity index (χ3n) is 1.25. The van der Waals surface area contributed by atoms with Gasteiger partial charge in [0, 0.05) is 0 Å². The van der Waals surface area contributed by atoms with E-state index in [1.165, 1.54) is 7.11 Å². The summed E-state index contributed by atoms with van der Waals surface area (Å²) in [6.07, 6.45) is 0. The zero-order chi connectivity index (χ0) is 11.4. The van der Waals surface area contributed by atoms with Crippen LogP contribution in [0.2, 0.25) is 0 Å². The van der Waals surface area contributed by atoms with Crippen molar-refractivity contribution in [2.75, 3.05) is 20.9 Å². The van der Waals surface area contributed by atoms with Crippen molar-refractivity contribution in [1.82, 2.24) is 5.32 Å². The van der Waals surface area contributed by atoms with Crippen LogP contribution in [-0.4, -0.2) is 26.0 Å². The van der Waals surface area contributed by atoms with Crippen molar-refractivity contribution in [2.45, 2.75) is 0 Å². The molecule has 0 fully saturated rings. The van der Waals surface area contributed by atoms with E-state index in [0.717, 1.165) is 5.69 Å². The van der Waals surface area contributed by atoms with Crippen LogP contribution in [-0.2, 0) is 9.78 Å². The number of isothiocyanates is 1. The molecule has 15 heavy (non-hydrogen) atoms. The summed E-state index contributed by atoms with van der Waals surface area (Å²) in [6, 6.07) is 9.50. The fourth-order valence-corrected chi connectivity index (χ4v) is 0.778. The molecule has 0 spiro atoms. The van der Waals surface area contributed by atoms with E-state index < -0.39 is 0 Å². The van der Waals surface area contributed by atoms with Crippen molar-refractivity contribution in [1.29, 1.82) is 0 Å². The Labute approximate surface area is 94.9 Å². The van der Waals surface area contributed by atoms with E-state index in [9.17, 15) is 0 Å². The molecule has 0 saturated heterocycles. The fourth-order valence-electron chi connectivity index (χ4n) is 0.673. The van der Waals surface area contributed by atoms with Crippen LogP contribution >= 0.6 is 12.2 Å². The summed E-state index contributed by atoms with van der Waals surface area (Å²) in [4.78, 5) is 12.4. The molecule has 0 atom stereocenters. The Morgan fingerprint density at radius 3 is 2.47 bits per heavy atom. The van der Waals surface area contributed by atoms with Gasteiger partial charge in [0.1, 0.15) is 6.73 Å². The third kappa shape index (κ3) is 9.21. The smallest absolute Gasteiger partial charge is 0.132 e. The number of thiocarbonyl (C=S) groups is 1. The lowest BCUT2D eigenvalue weighted by Crippen LogP contribution is -2.10. The van der Waals surface area contributed by atoms with Crippen LogP contribution in [0.4, 0.5) is 5.69 Å². The molecular formula is C10H14N2O2S. The Balaban J connectivity index is 0.000000288. The van der Waals surface area contributed by atoms with Crippen LogP contribution in [0.25, 0.3) is 0 Å². The molecule has 82 valence electrons. The quantitative estimate of drug-likeness (QED) is 0.213. The van der Waals surface area contributed by atoms with Gasteiger partial charge in [-0.05, 0) is 31.4 Å². The van der Waals surface area contributed by atoms with Crippen molar-refractivity contribution < 1.29 is 9.78 Å². The molecule has 1 aromatic rings. The van der Waals surface area contributed by atoms with E-state index in [0.29, 0.717) is 6.73 Å². The number of hydrogen-bond acceptors (Lipinski definition) is 5. The minimum atomic E-state index is 0.441. The summed E-state index contributed by atoms with van der Waals surface area (Å²) >= 11 is 4.42. The number of para-hydroxylation sites is 1. The molecule has 0 aromatic heterocycles. The van der Waals surface area contributed by atoms with Gasteiger partial charge < -0.3 is 0 Å². The van der Waals surface area contributed by atoms with E-state index in [1.807, 2.05) is 30.3 Å². The molecule has 1 N–H and O–H groups in total. The van der Waals surface area contributed by atoms with Crippen LogP contribution in [0, 0.1) is 0 Å². The van der Waals surface area contributed by atoms with Gasteiger partial charge in [-0.25, -0.2) is 9.78 Å². The van der Waals surface area contributed by atoms with Gasteiger partial charge in [0.05, 0.1) is 18.0 Å². The van der Waals surface area contributed by atoms with Crippen LogP contribution < -0.4 is 5.32 Å². The van der Waals surface area contributed by atoms with E-state index >= 15 is 0 Å². The molecule has 4 nitrogen and oxygen atoms in total. The summed E-state index contributed by atoms with van der Waals surface area (Å²) in [6.45, 7) is 0.441. The van der Waals surface area contributed by atoms with Crippen LogP contribution in [0.15, 0.2) is 35.3 Å². The highest BCUT2D eigenvalue weighted by Crippen LogP contribution is 2.07. The highest BCUT2D eigenvalue weighted by atomic mass is 32.1. The Morgan fingerprint density at radius 2 is 2.07 bits per heavy atom. The van der Waals surface area contributed by atoms with Gasteiger partial charge in [0.25, 0.3) is 0 Å². The highest BCUT2D eigenvalue weighted by Gasteiger charge is 1.79. The normalized spacial score (nSPS) is 8.40. The molecule has 5 heteroatoms. The molecule has 0 amide bonds. The van der Waals surface area contributed by atoms with Crippen LogP contribution in [0.3, 0.4) is 0 Å². The number of aliphatic imine (C=N–C) groups is 1. The molecular weight excluding hydrogens is 212 g/mol. The second-order valence-electron chi connectivity index (χ2n) is 2.32. The van der Waals surface area contributed by atoms with Crippen molar-refractivity contribution in [2.24, 2.45) is 4.99 Å². The first-order valence-electron chi connectivity index (χ1n) is 4.28. The summed E-state index contributed by atoms with van der Waals surface area (Å²) in [5.74, 6) is 0. The summed E-state index contributed by atoms with van der Waals surface area (Å²) in [7, 11) is 3.25. The minimum Gasteiger partial charge on any atom is -0.295 e. The van der Waals surface area contributed by atoms with E-state index in [-0.39, 0.29) is 0 Å². The zero-order valence-electron chi connectivity index (χ0n) is 8.77. The van der Waals surface area contributed by atoms with Gasteiger partial charge in [-0.3, -0.25) is 5.32 Å². The fraction of sp³-hybridized carbons (Fsp3) is 0.300. The van der Waals surface area contributed by atoms with Crippen molar-refractivity contribution in [3.63, 3.8) is 0 Å². The zero-order valence-corrected chi connectivity index (χ0v) is 9.58. The van der Waals surface area contributed by atoms with Gasteiger partial charge in [-0.2, -0.15) is 4.99 Å². The predicted octanol–water partition coefficient (Wildman–Crippen LogP) is 2.16. The molecule has 0 unspecified atom stereocenters. The van der Waals surface area contributed by atoms with Crippen LogP contribution in [0.1, 0.15) is 0 Å². The maximum absolute atomic E-state index is 4.42. The lowest BCUT2D eigenvalue weighted by atomic mass is 10.3. The van der Waals surface area contributed by atoms with E-state index in [4.69, 9.17) is 0 Å². The van der Waals surface area contributed by atoms with Gasteiger partial charge in [0.15, 0.2) is 0 Å². The largest absolute Gasteiger partial charge is 0.295 e. The number of hydrogen-bond donors (Lipinski definition) is 1. The Hall–Kier alpha value is -1.10. The average molecular weight is 226 g/mol. The average Bonchev–Trinajstić information content (AvgIpc) is 2.29. The number of benzene rings is 1. The van der Waals surface area contributed by atoms with Gasteiger partial charge >= 0.3 is 0 Å². The maximum atomic E-state index is 4.42. The minimum absolute atomic E-state index is 0.441. The summed E-state index contributed by atoms with van der Waals surface area (Å²) in [5, 5.41) is 5.01.